The van der Waals surface area contributed by atoms with E-state index in [1.807, 2.05) is 35.2 Å². The fraction of sp³-hybridized carbons (Fsp3) is 0.375. The van der Waals surface area contributed by atoms with Crippen LogP contribution in [-0.4, -0.2) is 56.4 Å². The van der Waals surface area contributed by atoms with Gasteiger partial charge in [-0.3, -0.25) is 4.79 Å². The van der Waals surface area contributed by atoms with Gasteiger partial charge in [0.15, 0.2) is 6.04 Å². The van der Waals surface area contributed by atoms with E-state index in [1.54, 1.807) is 20.2 Å². The van der Waals surface area contributed by atoms with Crippen LogP contribution in [0, 0.1) is 5.92 Å². The Bertz CT molecular complexity index is 1660. The molecule has 3 aromatic carbocycles. The number of carbonyl (C=O) groups excluding carboxylic acids is 1. The average Bonchev–Trinajstić information content (AvgIpc) is 3.11. The second-order valence-corrected chi connectivity index (χ2v) is 13.4. The highest BCUT2D eigenvalue weighted by Gasteiger charge is 2.41. The van der Waals surface area contributed by atoms with Crippen LogP contribution in [0.2, 0.25) is 0 Å². The van der Waals surface area contributed by atoms with Crippen molar-refractivity contribution in [3.8, 4) is 0 Å². The van der Waals surface area contributed by atoms with Crippen LogP contribution in [0.1, 0.15) is 59.6 Å². The summed E-state index contributed by atoms with van der Waals surface area (Å²) in [5, 5.41) is 15.2. The fourth-order valence-electron chi connectivity index (χ4n) is 6.29. The lowest BCUT2D eigenvalue weighted by atomic mass is 9.83. The number of aliphatic carboxylic acids is 1. The van der Waals surface area contributed by atoms with E-state index in [9.17, 15) is 36.3 Å². The van der Waals surface area contributed by atoms with Gasteiger partial charge in [0.2, 0.25) is 10.0 Å². The van der Waals surface area contributed by atoms with Gasteiger partial charge in [0, 0.05) is 38.1 Å². The average molecular weight is 645 g/mol. The van der Waals surface area contributed by atoms with Gasteiger partial charge in [-0.05, 0) is 60.7 Å². The number of carbonyl (C=O) groups is 2. The summed E-state index contributed by atoms with van der Waals surface area (Å²) in [6.45, 7) is 0.390. The van der Waals surface area contributed by atoms with Gasteiger partial charge >= 0.3 is 12.1 Å². The number of amides is 1. The number of sulfonamides is 1. The monoisotopic (exact) mass is 644 g/mol. The maximum Gasteiger partial charge on any atom is 0.416 e. The molecule has 1 saturated carbocycles. The third-order valence-electron chi connectivity index (χ3n) is 8.75. The summed E-state index contributed by atoms with van der Waals surface area (Å²) in [6.07, 6.45) is 0.331. The van der Waals surface area contributed by atoms with Crippen LogP contribution in [0.25, 0.3) is 0 Å². The molecule has 0 bridgehead atoms. The molecule has 240 valence electrons. The van der Waals surface area contributed by atoms with Crippen molar-refractivity contribution >= 4 is 39.0 Å². The summed E-state index contributed by atoms with van der Waals surface area (Å²) >= 11 is 0. The molecule has 1 fully saturated rings. The van der Waals surface area contributed by atoms with Gasteiger partial charge in [0.05, 0.1) is 16.8 Å². The van der Waals surface area contributed by atoms with E-state index < -0.39 is 39.7 Å². The lowest BCUT2D eigenvalue weighted by Gasteiger charge is -2.36. The first-order valence-corrected chi connectivity index (χ1v) is 16.1. The highest BCUT2D eigenvalue weighted by atomic mass is 32.2. The zero-order chi connectivity index (χ0) is 32.5. The summed E-state index contributed by atoms with van der Waals surface area (Å²) < 4.78 is 69.1. The van der Waals surface area contributed by atoms with Crippen molar-refractivity contribution in [2.75, 3.05) is 30.9 Å². The Kier molecular flexibility index (Phi) is 9.13. The number of likely N-dealkylation sites (N-methyl/N-ethyl adjacent to an activating group) is 1. The molecule has 1 aliphatic carbocycles. The molecule has 0 radical (unpaired) electrons. The number of nitrogens with zero attached hydrogens (tertiary/aromatic N) is 2. The van der Waals surface area contributed by atoms with E-state index >= 15 is 0 Å². The zero-order valence-electron chi connectivity index (χ0n) is 24.8. The highest BCUT2D eigenvalue weighted by molar-refractivity contribution is 7.89. The van der Waals surface area contributed by atoms with Gasteiger partial charge < -0.3 is 20.6 Å². The maximum atomic E-state index is 14.3. The first-order valence-electron chi connectivity index (χ1n) is 14.7. The molecule has 3 aromatic rings. The van der Waals surface area contributed by atoms with Crippen molar-refractivity contribution in [3.63, 3.8) is 0 Å². The molecular formula is C32H35F3N4O5S. The van der Waals surface area contributed by atoms with Gasteiger partial charge in [0.25, 0.3) is 5.91 Å². The minimum atomic E-state index is -4.62. The Balaban J connectivity index is 1.58. The molecule has 0 saturated heterocycles. The predicted octanol–water partition coefficient (Wildman–Crippen LogP) is 6.02. The number of anilines is 3. The number of hydrogen-bond donors (Lipinski definition) is 3. The van der Waals surface area contributed by atoms with Gasteiger partial charge in [-0.25, -0.2) is 13.2 Å². The first kappa shape index (κ1) is 32.3. The maximum absolute atomic E-state index is 14.3. The minimum Gasteiger partial charge on any atom is -0.479 e. The molecule has 0 spiro atoms. The summed E-state index contributed by atoms with van der Waals surface area (Å²) in [5.41, 5.74) is 0.215. The standard InChI is InChI=1S/C32H35F3N4O5S/c1-36-25-18-26-28(17-24(25)30(40)37-29(31(41)42)21-13-15-22(16-14-21)32(33,34)35)45(43,44)38(2)27(20-9-5-3-6-10-20)19-39(26)23-11-7-4-8-12-23/h4,7-8,11-18,20,27,29,36H,3,5-6,9-10,19H2,1-2H3,(H,37,40)(H,41,42)/t27-,29-/m0/s1. The molecule has 2 aliphatic rings. The molecule has 3 N–H and O–H groups in total. The molecule has 13 heteroatoms. The number of halogens is 3. The van der Waals surface area contributed by atoms with Crippen molar-refractivity contribution in [3.05, 3.63) is 83.4 Å². The molecule has 9 nitrogen and oxygen atoms in total. The van der Waals surface area contributed by atoms with Crippen LogP contribution < -0.4 is 15.5 Å². The summed E-state index contributed by atoms with van der Waals surface area (Å²) in [6, 6.07) is 13.6. The van der Waals surface area contributed by atoms with Gasteiger partial charge in [0.1, 0.15) is 4.90 Å². The second-order valence-electron chi connectivity index (χ2n) is 11.4. The van der Waals surface area contributed by atoms with E-state index in [-0.39, 0.29) is 33.7 Å². The Hall–Kier alpha value is -4.10. The number of hydrogen-bond acceptors (Lipinski definition) is 6. The van der Waals surface area contributed by atoms with Crippen LogP contribution in [0.4, 0.5) is 30.2 Å². The summed E-state index contributed by atoms with van der Waals surface area (Å²) in [5.74, 6) is -2.26. The lowest BCUT2D eigenvalue weighted by Crippen LogP contribution is -2.46. The fourth-order valence-corrected chi connectivity index (χ4v) is 7.90. The number of fused-ring (bicyclic) bond motifs is 1. The SMILES string of the molecule is CNc1cc2c(cc1C(=O)N[C@H](C(=O)O)c1ccc(C(F)(F)F)cc1)S(=O)(=O)N(C)[C@H](C1CCCCC1)CN2c1ccccc1. The molecule has 0 unspecified atom stereocenters. The van der Waals surface area contributed by atoms with Crippen molar-refractivity contribution in [2.45, 2.75) is 55.3 Å². The number of para-hydroxylation sites is 1. The molecule has 2 atom stereocenters. The van der Waals surface area contributed by atoms with E-state index in [1.165, 1.54) is 10.4 Å². The third kappa shape index (κ3) is 6.50. The zero-order valence-corrected chi connectivity index (χ0v) is 25.7. The van der Waals surface area contributed by atoms with Crippen molar-refractivity contribution < 1.29 is 36.3 Å². The number of carboxylic acid groups (broad SMARTS) is 1. The molecule has 0 aromatic heterocycles. The lowest BCUT2D eigenvalue weighted by molar-refractivity contribution is -0.139. The minimum absolute atomic E-state index is 0.0810. The van der Waals surface area contributed by atoms with Gasteiger partial charge in [-0.15, -0.1) is 0 Å². The number of carboxylic acids is 1. The van der Waals surface area contributed by atoms with Crippen LogP contribution in [0.15, 0.2) is 71.6 Å². The molecule has 1 aliphatic heterocycles. The van der Waals surface area contributed by atoms with E-state index in [2.05, 4.69) is 10.6 Å². The summed E-state index contributed by atoms with van der Waals surface area (Å²) in [7, 11) is -1.02. The second kappa shape index (κ2) is 12.7. The third-order valence-corrected chi connectivity index (χ3v) is 10.7. The van der Waals surface area contributed by atoms with Gasteiger partial charge in [-0.2, -0.15) is 17.5 Å². The van der Waals surface area contributed by atoms with Crippen molar-refractivity contribution in [2.24, 2.45) is 5.92 Å². The topological polar surface area (TPSA) is 119 Å². The van der Waals surface area contributed by atoms with Crippen molar-refractivity contribution in [1.82, 2.24) is 9.62 Å². The number of rotatable bonds is 7. The van der Waals surface area contributed by atoms with Crippen LogP contribution in [0.3, 0.4) is 0 Å². The Morgan fingerprint density at radius 2 is 1.62 bits per heavy atom. The molecule has 45 heavy (non-hydrogen) atoms. The van der Waals surface area contributed by atoms with Crippen LogP contribution in [0.5, 0.6) is 0 Å². The Labute approximate surface area is 260 Å². The number of benzene rings is 3. The van der Waals surface area contributed by atoms with E-state index in [0.29, 0.717) is 12.2 Å². The largest absolute Gasteiger partial charge is 0.479 e. The molecule has 1 amide bonds. The quantitative estimate of drug-likeness (QED) is 0.288. The normalized spacial score (nSPS) is 19.7. The Morgan fingerprint density at radius 3 is 2.20 bits per heavy atom. The summed E-state index contributed by atoms with van der Waals surface area (Å²) in [4.78, 5) is 27.6. The van der Waals surface area contributed by atoms with Gasteiger partial charge in [-0.1, -0.05) is 49.6 Å². The Morgan fingerprint density at radius 1 is 0.978 bits per heavy atom. The smallest absolute Gasteiger partial charge is 0.416 e. The molecule has 1 heterocycles. The predicted molar refractivity (Wildman–Crippen MR) is 164 cm³/mol. The van der Waals surface area contributed by atoms with Crippen LogP contribution in [-0.2, 0) is 21.0 Å². The number of alkyl halides is 3. The number of nitrogens with one attached hydrogen (secondary N) is 2. The van der Waals surface area contributed by atoms with Crippen molar-refractivity contribution in [1.29, 1.82) is 0 Å². The van der Waals surface area contributed by atoms with E-state index in [4.69, 9.17) is 0 Å². The molecule has 5 rings (SSSR count). The molecular weight excluding hydrogens is 609 g/mol. The highest BCUT2D eigenvalue weighted by Crippen LogP contribution is 2.43. The van der Waals surface area contributed by atoms with E-state index in [0.717, 1.165) is 62.1 Å². The first-order chi connectivity index (χ1) is 21.3. The van der Waals surface area contributed by atoms with Crippen LogP contribution >= 0.6 is 0 Å².